The van der Waals surface area contributed by atoms with Crippen LogP contribution in [-0.2, 0) is 6.54 Å². The number of benzene rings is 2. The van der Waals surface area contributed by atoms with Crippen molar-refractivity contribution in [2.24, 2.45) is 0 Å². The third-order valence-corrected chi connectivity index (χ3v) is 5.68. The molecule has 1 N–H and O–H groups in total. The summed E-state index contributed by atoms with van der Waals surface area (Å²) >= 11 is 9.43. The fourth-order valence-corrected chi connectivity index (χ4v) is 3.80. The molecule has 3 nitrogen and oxygen atoms in total. The fraction of sp³-hybridized carbons (Fsp3) is 0.350. The van der Waals surface area contributed by atoms with Gasteiger partial charge in [-0.15, -0.1) is 0 Å². The molecule has 25 heavy (non-hydrogen) atoms. The zero-order valence-corrected chi connectivity index (χ0v) is 16.6. The van der Waals surface area contributed by atoms with Crippen LogP contribution in [-0.4, -0.2) is 29.9 Å². The molecule has 2 aromatic rings. The van der Waals surface area contributed by atoms with E-state index in [1.807, 2.05) is 6.07 Å². The Morgan fingerprint density at radius 3 is 2.68 bits per heavy atom. The first kappa shape index (κ1) is 18.4. The molecule has 1 heterocycles. The molecule has 0 aromatic heterocycles. The zero-order chi connectivity index (χ0) is 17.8. The topological polar surface area (TPSA) is 32.3 Å². The summed E-state index contributed by atoms with van der Waals surface area (Å²) in [6.07, 6.45) is 1.94. The molecule has 1 amide bonds. The maximum atomic E-state index is 12.5. The lowest BCUT2D eigenvalue weighted by atomic mass is 10.0. The lowest BCUT2D eigenvalue weighted by Crippen LogP contribution is -2.44. The fourth-order valence-electron chi connectivity index (χ4n) is 3.20. The molecule has 0 bridgehead atoms. The van der Waals surface area contributed by atoms with Crippen molar-refractivity contribution in [2.75, 3.05) is 13.1 Å². The Morgan fingerprint density at radius 2 is 1.96 bits per heavy atom. The Labute approximate surface area is 162 Å². The summed E-state index contributed by atoms with van der Waals surface area (Å²) in [6.45, 7) is 5.13. The predicted molar refractivity (Wildman–Crippen MR) is 106 cm³/mol. The van der Waals surface area contributed by atoms with Crippen molar-refractivity contribution in [3.8, 4) is 0 Å². The van der Waals surface area contributed by atoms with Crippen molar-refractivity contribution in [1.29, 1.82) is 0 Å². The summed E-state index contributed by atoms with van der Waals surface area (Å²) < 4.78 is 0.770. The van der Waals surface area contributed by atoms with E-state index in [4.69, 9.17) is 11.6 Å². The van der Waals surface area contributed by atoms with E-state index >= 15 is 0 Å². The molecule has 0 atom stereocenters. The predicted octanol–water partition coefficient (Wildman–Crippen LogP) is 4.81. The highest BCUT2D eigenvalue weighted by molar-refractivity contribution is 9.10. The van der Waals surface area contributed by atoms with E-state index in [9.17, 15) is 4.79 Å². The number of piperidine rings is 1. The Hall–Kier alpha value is -1.36. The molecule has 1 fully saturated rings. The number of amides is 1. The molecule has 0 aliphatic carbocycles. The Balaban J connectivity index is 1.53. The van der Waals surface area contributed by atoms with Gasteiger partial charge >= 0.3 is 0 Å². The SMILES string of the molecule is Cc1ccccc1CN1CCC(NC(=O)c2cc(Cl)ccc2Br)CC1. The lowest BCUT2D eigenvalue weighted by Gasteiger charge is -2.32. The van der Waals surface area contributed by atoms with Crippen LogP contribution in [0.4, 0.5) is 0 Å². The van der Waals surface area contributed by atoms with Crippen LogP contribution in [0.1, 0.15) is 34.3 Å². The van der Waals surface area contributed by atoms with Crippen LogP contribution in [0.3, 0.4) is 0 Å². The highest BCUT2D eigenvalue weighted by Gasteiger charge is 2.22. The molecule has 0 spiro atoms. The molecule has 0 saturated carbocycles. The number of nitrogens with one attached hydrogen (secondary N) is 1. The smallest absolute Gasteiger partial charge is 0.252 e. The highest BCUT2D eigenvalue weighted by atomic mass is 79.9. The molecule has 132 valence electrons. The maximum Gasteiger partial charge on any atom is 0.252 e. The zero-order valence-electron chi connectivity index (χ0n) is 14.3. The third-order valence-electron chi connectivity index (χ3n) is 4.75. The Morgan fingerprint density at radius 1 is 1.24 bits per heavy atom. The number of aryl methyl sites for hydroxylation is 1. The van der Waals surface area contributed by atoms with Crippen LogP contribution in [0.2, 0.25) is 5.02 Å². The van der Waals surface area contributed by atoms with Crippen LogP contribution in [0.15, 0.2) is 46.9 Å². The van der Waals surface area contributed by atoms with E-state index in [2.05, 4.69) is 57.3 Å². The number of halogens is 2. The second kappa shape index (κ2) is 8.35. The van der Waals surface area contributed by atoms with Crippen LogP contribution in [0.5, 0.6) is 0 Å². The number of carbonyl (C=O) groups is 1. The molecule has 3 rings (SSSR count). The summed E-state index contributed by atoms with van der Waals surface area (Å²) in [7, 11) is 0. The first-order chi connectivity index (χ1) is 12.0. The van der Waals surface area contributed by atoms with E-state index in [1.54, 1.807) is 12.1 Å². The average Bonchev–Trinajstić information content (AvgIpc) is 2.60. The standard InChI is InChI=1S/C20H22BrClN2O/c1-14-4-2-3-5-15(14)13-24-10-8-17(9-11-24)23-20(25)18-12-16(22)6-7-19(18)21/h2-7,12,17H,8-11,13H2,1H3,(H,23,25). The van der Waals surface area contributed by atoms with Gasteiger partial charge in [-0.2, -0.15) is 0 Å². The number of likely N-dealkylation sites (tertiary alicyclic amines) is 1. The first-order valence-corrected chi connectivity index (χ1v) is 9.73. The van der Waals surface area contributed by atoms with Crippen LogP contribution >= 0.6 is 27.5 Å². The number of carbonyl (C=O) groups excluding carboxylic acids is 1. The molecular formula is C20H22BrClN2O. The second-order valence-corrected chi connectivity index (χ2v) is 7.87. The number of nitrogens with zero attached hydrogens (tertiary/aromatic N) is 1. The summed E-state index contributed by atoms with van der Waals surface area (Å²) in [5.74, 6) is -0.0632. The van der Waals surface area contributed by atoms with Crippen LogP contribution < -0.4 is 5.32 Å². The van der Waals surface area contributed by atoms with E-state index in [-0.39, 0.29) is 11.9 Å². The monoisotopic (exact) mass is 420 g/mol. The summed E-state index contributed by atoms with van der Waals surface area (Å²) in [6, 6.07) is 14.0. The van der Waals surface area contributed by atoms with E-state index in [0.29, 0.717) is 10.6 Å². The van der Waals surface area contributed by atoms with Gasteiger partial charge in [-0.05, 0) is 65.0 Å². The first-order valence-electron chi connectivity index (χ1n) is 8.55. The second-order valence-electron chi connectivity index (χ2n) is 6.57. The van der Waals surface area contributed by atoms with E-state index in [0.717, 1.165) is 36.9 Å². The number of rotatable bonds is 4. The number of hydrogen-bond acceptors (Lipinski definition) is 2. The normalized spacial score (nSPS) is 16.0. The summed E-state index contributed by atoms with van der Waals surface area (Å²) in [5.41, 5.74) is 3.31. The van der Waals surface area contributed by atoms with Crippen molar-refractivity contribution < 1.29 is 4.79 Å². The molecule has 1 saturated heterocycles. The van der Waals surface area contributed by atoms with Crippen molar-refractivity contribution in [1.82, 2.24) is 10.2 Å². The minimum atomic E-state index is -0.0632. The highest BCUT2D eigenvalue weighted by Crippen LogP contribution is 2.22. The molecule has 0 unspecified atom stereocenters. The summed E-state index contributed by atoms with van der Waals surface area (Å²) in [4.78, 5) is 14.9. The van der Waals surface area contributed by atoms with Gasteiger partial charge in [0.1, 0.15) is 0 Å². The molecule has 5 heteroatoms. The average molecular weight is 422 g/mol. The molecular weight excluding hydrogens is 400 g/mol. The van der Waals surface area contributed by atoms with E-state index < -0.39 is 0 Å². The van der Waals surface area contributed by atoms with Gasteiger partial charge in [-0.25, -0.2) is 0 Å². The largest absolute Gasteiger partial charge is 0.349 e. The van der Waals surface area contributed by atoms with Gasteiger partial charge in [-0.3, -0.25) is 9.69 Å². The maximum absolute atomic E-state index is 12.5. The van der Waals surface area contributed by atoms with Gasteiger partial charge in [0, 0.05) is 35.2 Å². The minimum Gasteiger partial charge on any atom is -0.349 e. The minimum absolute atomic E-state index is 0.0632. The van der Waals surface area contributed by atoms with Gasteiger partial charge in [0.2, 0.25) is 0 Å². The molecule has 1 aliphatic rings. The number of hydrogen-bond donors (Lipinski definition) is 1. The van der Waals surface area contributed by atoms with Crippen molar-refractivity contribution in [2.45, 2.75) is 32.4 Å². The lowest BCUT2D eigenvalue weighted by molar-refractivity contribution is 0.0908. The van der Waals surface area contributed by atoms with Gasteiger partial charge < -0.3 is 5.32 Å². The Kier molecular flexibility index (Phi) is 6.15. The molecule has 0 radical (unpaired) electrons. The van der Waals surface area contributed by atoms with Crippen molar-refractivity contribution in [3.63, 3.8) is 0 Å². The summed E-state index contributed by atoms with van der Waals surface area (Å²) in [5, 5.41) is 3.72. The van der Waals surface area contributed by atoms with Crippen molar-refractivity contribution in [3.05, 3.63) is 68.7 Å². The van der Waals surface area contributed by atoms with Crippen molar-refractivity contribution >= 4 is 33.4 Å². The van der Waals surface area contributed by atoms with Gasteiger partial charge in [0.05, 0.1) is 5.56 Å². The quantitative estimate of drug-likeness (QED) is 0.768. The van der Waals surface area contributed by atoms with Gasteiger partial charge in [-0.1, -0.05) is 35.9 Å². The molecule has 1 aliphatic heterocycles. The van der Waals surface area contributed by atoms with Crippen LogP contribution in [0, 0.1) is 6.92 Å². The Bertz CT molecular complexity index is 757. The molecule has 2 aromatic carbocycles. The van der Waals surface area contributed by atoms with Gasteiger partial charge in [0.15, 0.2) is 0 Å². The van der Waals surface area contributed by atoms with E-state index in [1.165, 1.54) is 11.1 Å². The third kappa shape index (κ3) is 4.84. The van der Waals surface area contributed by atoms with Crippen LogP contribution in [0.25, 0.3) is 0 Å². The van der Waals surface area contributed by atoms with Gasteiger partial charge in [0.25, 0.3) is 5.91 Å².